The van der Waals surface area contributed by atoms with Gasteiger partial charge in [0.15, 0.2) is 0 Å². The molecule has 0 amide bonds. The molecule has 0 aromatic heterocycles. The van der Waals surface area contributed by atoms with Crippen molar-refractivity contribution in [1.29, 1.82) is 5.26 Å². The van der Waals surface area contributed by atoms with E-state index < -0.39 is 4.92 Å². The zero-order valence-electron chi connectivity index (χ0n) is 12.6. The first-order valence-corrected chi connectivity index (χ1v) is 6.67. The molecule has 2 aromatic rings. The number of allylic oxidation sites excluding steroid dienone is 1. The molecule has 0 saturated carbocycles. The Morgan fingerprint density at radius 1 is 1.22 bits per heavy atom. The van der Waals surface area contributed by atoms with E-state index in [0.717, 1.165) is 0 Å². The number of rotatable bonds is 5. The van der Waals surface area contributed by atoms with E-state index >= 15 is 0 Å². The molecule has 0 spiro atoms. The van der Waals surface area contributed by atoms with Gasteiger partial charge in [0.25, 0.3) is 5.69 Å². The predicted octanol–water partition coefficient (Wildman–Crippen LogP) is 3.68. The normalized spacial score (nSPS) is 10.7. The Labute approximate surface area is 133 Å². The van der Waals surface area contributed by atoms with Crippen LogP contribution in [0.1, 0.15) is 11.1 Å². The molecule has 0 aliphatic rings. The van der Waals surface area contributed by atoms with Gasteiger partial charge in [-0.25, -0.2) is 0 Å². The summed E-state index contributed by atoms with van der Waals surface area (Å²) in [6, 6.07) is 13.2. The van der Waals surface area contributed by atoms with E-state index in [-0.39, 0.29) is 5.69 Å². The van der Waals surface area contributed by atoms with E-state index in [0.29, 0.717) is 28.2 Å². The van der Waals surface area contributed by atoms with Crippen LogP contribution in [0.3, 0.4) is 0 Å². The molecule has 0 atom stereocenters. The highest BCUT2D eigenvalue weighted by Crippen LogP contribution is 2.29. The number of nitro benzene ring substituents is 1. The van der Waals surface area contributed by atoms with E-state index in [2.05, 4.69) is 6.07 Å². The summed E-state index contributed by atoms with van der Waals surface area (Å²) in [5.74, 6) is 1.19. The van der Waals surface area contributed by atoms with E-state index in [9.17, 15) is 15.4 Å². The van der Waals surface area contributed by atoms with E-state index in [1.165, 1.54) is 19.2 Å². The summed E-state index contributed by atoms with van der Waals surface area (Å²) in [6.45, 7) is 0. The molecule has 0 aliphatic carbocycles. The first kappa shape index (κ1) is 16.0. The lowest BCUT2D eigenvalue weighted by atomic mass is 10.0. The predicted molar refractivity (Wildman–Crippen MR) is 86.1 cm³/mol. The van der Waals surface area contributed by atoms with Crippen LogP contribution in [0, 0.1) is 21.4 Å². The molecule has 2 aromatic carbocycles. The molecule has 0 fully saturated rings. The van der Waals surface area contributed by atoms with Crippen LogP contribution in [0.4, 0.5) is 5.69 Å². The Bertz CT molecular complexity index is 806. The SMILES string of the molecule is COc1ccc(OC)c(/C=C(/C#N)c2cccc([N+](=O)[O-])c2)c1. The van der Waals surface area contributed by atoms with E-state index in [1.807, 2.05) is 0 Å². The first-order valence-electron chi connectivity index (χ1n) is 6.67. The minimum atomic E-state index is -0.495. The molecule has 0 radical (unpaired) electrons. The maximum atomic E-state index is 10.9. The van der Waals surface area contributed by atoms with Gasteiger partial charge in [0.1, 0.15) is 11.5 Å². The van der Waals surface area contributed by atoms with Crippen molar-refractivity contribution in [1.82, 2.24) is 0 Å². The molecule has 0 bridgehead atoms. The Kier molecular flexibility index (Phi) is 4.95. The number of nitro groups is 1. The van der Waals surface area contributed by atoms with Gasteiger partial charge in [-0.1, -0.05) is 12.1 Å². The third kappa shape index (κ3) is 3.66. The molecular weight excluding hydrogens is 296 g/mol. The second-order valence-corrected chi connectivity index (χ2v) is 4.59. The average Bonchev–Trinajstić information content (AvgIpc) is 2.59. The van der Waals surface area contributed by atoms with Crippen molar-refractivity contribution in [2.45, 2.75) is 0 Å². The van der Waals surface area contributed by atoms with Crippen LogP contribution in [0.2, 0.25) is 0 Å². The highest BCUT2D eigenvalue weighted by molar-refractivity contribution is 5.91. The van der Waals surface area contributed by atoms with Gasteiger partial charge in [-0.05, 0) is 29.8 Å². The standard InChI is InChI=1S/C17H14N2O4/c1-22-16-6-7-17(23-2)13(10-16)8-14(11-18)12-4-3-5-15(9-12)19(20)21/h3-10H,1-2H3/b14-8-. The van der Waals surface area contributed by atoms with Gasteiger partial charge in [-0.2, -0.15) is 5.26 Å². The van der Waals surface area contributed by atoms with Crippen molar-refractivity contribution in [2.75, 3.05) is 14.2 Å². The summed E-state index contributed by atoms with van der Waals surface area (Å²) in [5.41, 5.74) is 1.34. The number of benzene rings is 2. The average molecular weight is 310 g/mol. The van der Waals surface area contributed by atoms with Gasteiger partial charge >= 0.3 is 0 Å². The number of nitrogens with zero attached hydrogens (tertiary/aromatic N) is 2. The number of nitriles is 1. The summed E-state index contributed by atoms with van der Waals surface area (Å²) in [6.07, 6.45) is 1.61. The Hall–Kier alpha value is -3.33. The maximum Gasteiger partial charge on any atom is 0.270 e. The number of hydrogen-bond donors (Lipinski definition) is 0. The topological polar surface area (TPSA) is 85.4 Å². The summed E-state index contributed by atoms with van der Waals surface area (Å²) >= 11 is 0. The molecule has 23 heavy (non-hydrogen) atoms. The Balaban J connectivity index is 2.53. The lowest BCUT2D eigenvalue weighted by molar-refractivity contribution is -0.384. The fourth-order valence-electron chi connectivity index (χ4n) is 2.07. The molecule has 2 rings (SSSR count). The molecule has 0 saturated heterocycles. The van der Waals surface area contributed by atoms with Crippen LogP contribution >= 0.6 is 0 Å². The summed E-state index contributed by atoms with van der Waals surface area (Å²) in [7, 11) is 3.07. The summed E-state index contributed by atoms with van der Waals surface area (Å²) in [5, 5.41) is 20.3. The van der Waals surface area contributed by atoms with Crippen LogP contribution < -0.4 is 9.47 Å². The highest BCUT2D eigenvalue weighted by Gasteiger charge is 2.10. The molecule has 116 valence electrons. The molecule has 0 heterocycles. The largest absolute Gasteiger partial charge is 0.497 e. The van der Waals surface area contributed by atoms with Gasteiger partial charge in [0, 0.05) is 17.7 Å². The lowest BCUT2D eigenvalue weighted by Crippen LogP contribution is -1.92. The van der Waals surface area contributed by atoms with Gasteiger partial charge < -0.3 is 9.47 Å². The number of methoxy groups -OCH3 is 2. The fourth-order valence-corrected chi connectivity index (χ4v) is 2.07. The van der Waals surface area contributed by atoms with Gasteiger partial charge in [-0.15, -0.1) is 0 Å². The number of hydrogen-bond acceptors (Lipinski definition) is 5. The Morgan fingerprint density at radius 3 is 2.61 bits per heavy atom. The maximum absolute atomic E-state index is 10.9. The van der Waals surface area contributed by atoms with Crippen molar-refractivity contribution in [3.8, 4) is 17.6 Å². The molecule has 6 heteroatoms. The molecule has 6 nitrogen and oxygen atoms in total. The van der Waals surface area contributed by atoms with Gasteiger partial charge in [0.05, 0.1) is 30.8 Å². The van der Waals surface area contributed by atoms with Gasteiger partial charge in [-0.3, -0.25) is 10.1 Å². The van der Waals surface area contributed by atoms with Crippen LogP contribution in [0.15, 0.2) is 42.5 Å². The second-order valence-electron chi connectivity index (χ2n) is 4.59. The van der Waals surface area contributed by atoms with Crippen LogP contribution in [0.5, 0.6) is 11.5 Å². The quantitative estimate of drug-likeness (QED) is 0.364. The van der Waals surface area contributed by atoms with Gasteiger partial charge in [0.2, 0.25) is 0 Å². The van der Waals surface area contributed by atoms with E-state index in [1.54, 1.807) is 43.5 Å². The monoisotopic (exact) mass is 310 g/mol. The third-order valence-corrected chi connectivity index (χ3v) is 3.23. The molecule has 0 N–H and O–H groups in total. The van der Waals surface area contributed by atoms with Crippen LogP contribution in [-0.4, -0.2) is 19.1 Å². The molecular formula is C17H14N2O4. The minimum absolute atomic E-state index is 0.0683. The zero-order valence-corrected chi connectivity index (χ0v) is 12.6. The van der Waals surface area contributed by atoms with Crippen molar-refractivity contribution in [2.24, 2.45) is 0 Å². The third-order valence-electron chi connectivity index (χ3n) is 3.23. The van der Waals surface area contributed by atoms with Crippen molar-refractivity contribution >= 4 is 17.3 Å². The smallest absolute Gasteiger partial charge is 0.270 e. The van der Waals surface area contributed by atoms with Crippen molar-refractivity contribution in [3.05, 3.63) is 63.7 Å². The summed E-state index contributed by atoms with van der Waals surface area (Å²) < 4.78 is 10.4. The minimum Gasteiger partial charge on any atom is -0.497 e. The molecule has 0 aliphatic heterocycles. The number of non-ortho nitro benzene ring substituents is 1. The van der Waals surface area contributed by atoms with E-state index in [4.69, 9.17) is 9.47 Å². The fraction of sp³-hybridized carbons (Fsp3) is 0.118. The molecule has 0 unspecified atom stereocenters. The highest BCUT2D eigenvalue weighted by atomic mass is 16.6. The van der Waals surface area contributed by atoms with Crippen LogP contribution in [0.25, 0.3) is 11.6 Å². The number of ether oxygens (including phenoxy) is 2. The lowest BCUT2D eigenvalue weighted by Gasteiger charge is -2.08. The van der Waals surface area contributed by atoms with Crippen molar-refractivity contribution < 1.29 is 14.4 Å². The Morgan fingerprint density at radius 2 is 2.00 bits per heavy atom. The second kappa shape index (κ2) is 7.09. The zero-order chi connectivity index (χ0) is 16.8. The summed E-state index contributed by atoms with van der Waals surface area (Å²) in [4.78, 5) is 10.4. The van der Waals surface area contributed by atoms with Crippen molar-refractivity contribution in [3.63, 3.8) is 0 Å². The van der Waals surface area contributed by atoms with Crippen LogP contribution in [-0.2, 0) is 0 Å². The first-order chi connectivity index (χ1) is 11.1.